The van der Waals surface area contributed by atoms with Crippen molar-refractivity contribution in [2.45, 2.75) is 30.9 Å². The number of nitrogens with one attached hydrogen (secondary N) is 2. The smallest absolute Gasteiger partial charge is 0.191 e. The minimum absolute atomic E-state index is 0. The molecule has 1 aliphatic heterocycles. The number of hydrogen-bond acceptors (Lipinski definition) is 3. The Morgan fingerprint density at radius 2 is 2.09 bits per heavy atom. The van der Waals surface area contributed by atoms with E-state index in [4.69, 9.17) is 4.74 Å². The maximum absolute atomic E-state index is 5.68. The zero-order valence-electron chi connectivity index (χ0n) is 13.8. The monoisotopic (exact) mass is 449 g/mol. The fraction of sp³-hybridized carbons (Fsp3) is 0.588. The summed E-state index contributed by atoms with van der Waals surface area (Å²) in [4.78, 5) is 4.27. The van der Waals surface area contributed by atoms with Crippen molar-refractivity contribution in [1.29, 1.82) is 0 Å². The molecule has 23 heavy (non-hydrogen) atoms. The van der Waals surface area contributed by atoms with Gasteiger partial charge in [0.1, 0.15) is 5.75 Å². The zero-order valence-corrected chi connectivity index (χ0v) is 16.9. The van der Waals surface area contributed by atoms with Crippen molar-refractivity contribution in [3.05, 3.63) is 30.3 Å². The van der Waals surface area contributed by atoms with Gasteiger partial charge in [-0.05, 0) is 43.6 Å². The number of thioether (sulfide) groups is 1. The SMILES string of the molecule is CN=C(NCCCCOc1ccccc1)NCC1CCCS1.I. The minimum Gasteiger partial charge on any atom is -0.494 e. The third-order valence-corrected chi connectivity index (χ3v) is 5.02. The molecule has 1 unspecified atom stereocenters. The lowest BCUT2D eigenvalue weighted by Crippen LogP contribution is -2.40. The van der Waals surface area contributed by atoms with Crippen LogP contribution < -0.4 is 15.4 Å². The summed E-state index contributed by atoms with van der Waals surface area (Å²) in [6.45, 7) is 2.70. The molecule has 1 fully saturated rings. The maximum Gasteiger partial charge on any atom is 0.191 e. The van der Waals surface area contributed by atoms with Crippen LogP contribution in [-0.2, 0) is 0 Å². The number of unbranched alkanes of at least 4 members (excludes halogenated alkanes) is 1. The van der Waals surface area contributed by atoms with Crippen molar-refractivity contribution >= 4 is 41.7 Å². The predicted molar refractivity (Wildman–Crippen MR) is 111 cm³/mol. The van der Waals surface area contributed by atoms with Crippen LogP contribution in [0.25, 0.3) is 0 Å². The van der Waals surface area contributed by atoms with E-state index < -0.39 is 0 Å². The number of hydrogen-bond donors (Lipinski definition) is 2. The average molecular weight is 449 g/mol. The Bertz CT molecular complexity index is 439. The van der Waals surface area contributed by atoms with E-state index in [2.05, 4.69) is 27.4 Å². The van der Waals surface area contributed by atoms with Crippen LogP contribution in [0.4, 0.5) is 0 Å². The van der Waals surface area contributed by atoms with Crippen LogP contribution in [-0.4, -0.2) is 43.7 Å². The van der Waals surface area contributed by atoms with Crippen LogP contribution >= 0.6 is 35.7 Å². The second-order valence-electron chi connectivity index (χ2n) is 5.38. The highest BCUT2D eigenvalue weighted by Gasteiger charge is 2.15. The van der Waals surface area contributed by atoms with E-state index in [1.54, 1.807) is 0 Å². The van der Waals surface area contributed by atoms with E-state index in [1.807, 2.05) is 37.4 Å². The number of aliphatic imine (C=N–C) groups is 1. The number of rotatable bonds is 8. The summed E-state index contributed by atoms with van der Waals surface area (Å²) >= 11 is 2.07. The standard InChI is InChI=1S/C17H27N3OS.HI/c1-18-17(20-14-16-10-7-13-22-16)19-11-5-6-12-21-15-8-3-2-4-9-15;/h2-4,8-9,16H,5-7,10-14H2,1H3,(H2,18,19,20);1H. The molecule has 0 bridgehead atoms. The molecule has 0 radical (unpaired) electrons. The van der Waals surface area contributed by atoms with E-state index >= 15 is 0 Å². The van der Waals surface area contributed by atoms with E-state index in [0.717, 1.165) is 49.5 Å². The summed E-state index contributed by atoms with van der Waals surface area (Å²) in [7, 11) is 1.83. The first-order valence-corrected chi connectivity index (χ1v) is 9.17. The van der Waals surface area contributed by atoms with Gasteiger partial charge in [0, 0.05) is 25.4 Å². The van der Waals surface area contributed by atoms with Gasteiger partial charge in [0.15, 0.2) is 5.96 Å². The third kappa shape index (κ3) is 8.69. The molecule has 0 aromatic heterocycles. The molecule has 1 heterocycles. The molecule has 1 saturated heterocycles. The Morgan fingerprint density at radius 3 is 2.78 bits per heavy atom. The Kier molecular flexibility index (Phi) is 11.3. The van der Waals surface area contributed by atoms with Crippen LogP contribution in [0.1, 0.15) is 25.7 Å². The summed E-state index contributed by atoms with van der Waals surface area (Å²) in [5.41, 5.74) is 0. The van der Waals surface area contributed by atoms with Crippen molar-refractivity contribution in [3.63, 3.8) is 0 Å². The van der Waals surface area contributed by atoms with Crippen molar-refractivity contribution in [2.75, 3.05) is 32.5 Å². The van der Waals surface area contributed by atoms with Gasteiger partial charge in [-0.3, -0.25) is 4.99 Å². The number of ether oxygens (including phenoxy) is 1. The second-order valence-corrected chi connectivity index (χ2v) is 6.79. The molecule has 1 atom stereocenters. The Morgan fingerprint density at radius 1 is 1.26 bits per heavy atom. The van der Waals surface area contributed by atoms with E-state index in [-0.39, 0.29) is 24.0 Å². The van der Waals surface area contributed by atoms with Crippen LogP contribution in [0.3, 0.4) is 0 Å². The number of halogens is 1. The van der Waals surface area contributed by atoms with Gasteiger partial charge in [-0.15, -0.1) is 24.0 Å². The normalized spacial score (nSPS) is 17.4. The molecule has 1 aromatic carbocycles. The van der Waals surface area contributed by atoms with Crippen molar-refractivity contribution in [1.82, 2.24) is 10.6 Å². The molecule has 1 aliphatic rings. The summed E-state index contributed by atoms with van der Waals surface area (Å²) in [6, 6.07) is 9.97. The summed E-state index contributed by atoms with van der Waals surface area (Å²) < 4.78 is 5.68. The highest BCUT2D eigenvalue weighted by molar-refractivity contribution is 14.0. The molecule has 0 amide bonds. The average Bonchev–Trinajstić information content (AvgIpc) is 3.08. The summed E-state index contributed by atoms with van der Waals surface area (Å²) in [5.74, 6) is 3.17. The molecule has 130 valence electrons. The molecule has 2 N–H and O–H groups in total. The van der Waals surface area contributed by atoms with Gasteiger partial charge in [0.2, 0.25) is 0 Å². The number of benzene rings is 1. The fourth-order valence-electron chi connectivity index (χ4n) is 2.38. The second kappa shape index (κ2) is 12.8. The van der Waals surface area contributed by atoms with Gasteiger partial charge in [-0.25, -0.2) is 0 Å². The van der Waals surface area contributed by atoms with Gasteiger partial charge in [0.25, 0.3) is 0 Å². The van der Waals surface area contributed by atoms with Crippen LogP contribution in [0, 0.1) is 0 Å². The van der Waals surface area contributed by atoms with Gasteiger partial charge < -0.3 is 15.4 Å². The molecule has 4 nitrogen and oxygen atoms in total. The highest BCUT2D eigenvalue weighted by Crippen LogP contribution is 2.25. The molecular formula is C17H28IN3OS. The predicted octanol–water partition coefficient (Wildman–Crippen LogP) is 3.52. The van der Waals surface area contributed by atoms with Gasteiger partial charge >= 0.3 is 0 Å². The van der Waals surface area contributed by atoms with E-state index in [0.29, 0.717) is 0 Å². The van der Waals surface area contributed by atoms with Crippen LogP contribution in [0.2, 0.25) is 0 Å². The molecule has 6 heteroatoms. The number of nitrogens with zero attached hydrogens (tertiary/aromatic N) is 1. The topological polar surface area (TPSA) is 45.7 Å². The minimum atomic E-state index is 0. The van der Waals surface area contributed by atoms with E-state index in [9.17, 15) is 0 Å². The van der Waals surface area contributed by atoms with Crippen molar-refractivity contribution in [3.8, 4) is 5.75 Å². The molecule has 1 aromatic rings. The zero-order chi connectivity index (χ0) is 15.5. The number of guanidine groups is 1. The van der Waals surface area contributed by atoms with E-state index in [1.165, 1.54) is 18.6 Å². The van der Waals surface area contributed by atoms with Crippen molar-refractivity contribution < 1.29 is 4.74 Å². The molecule has 0 saturated carbocycles. The Balaban J connectivity index is 0.00000264. The highest BCUT2D eigenvalue weighted by atomic mass is 127. The molecule has 2 rings (SSSR count). The molecule has 0 spiro atoms. The maximum atomic E-state index is 5.68. The number of para-hydroxylation sites is 1. The summed E-state index contributed by atoms with van der Waals surface area (Å²) in [6.07, 6.45) is 4.79. The first kappa shape index (κ1) is 20.4. The lowest BCUT2D eigenvalue weighted by atomic mass is 10.2. The van der Waals surface area contributed by atoms with Crippen molar-refractivity contribution in [2.24, 2.45) is 4.99 Å². The molecular weight excluding hydrogens is 421 g/mol. The Labute approximate surface area is 161 Å². The third-order valence-electron chi connectivity index (χ3n) is 3.62. The summed E-state index contributed by atoms with van der Waals surface area (Å²) in [5, 5.41) is 7.53. The lowest BCUT2D eigenvalue weighted by molar-refractivity contribution is 0.307. The van der Waals surface area contributed by atoms with Crippen LogP contribution in [0.15, 0.2) is 35.3 Å². The molecule has 0 aliphatic carbocycles. The fourth-order valence-corrected chi connectivity index (χ4v) is 3.58. The first-order chi connectivity index (χ1) is 10.9. The quantitative estimate of drug-likeness (QED) is 0.276. The van der Waals surface area contributed by atoms with Gasteiger partial charge in [-0.1, -0.05) is 18.2 Å². The largest absolute Gasteiger partial charge is 0.494 e. The van der Waals surface area contributed by atoms with Gasteiger partial charge in [-0.2, -0.15) is 11.8 Å². The van der Waals surface area contributed by atoms with Gasteiger partial charge in [0.05, 0.1) is 6.61 Å². The first-order valence-electron chi connectivity index (χ1n) is 8.12. The lowest BCUT2D eigenvalue weighted by Gasteiger charge is -2.14. The van der Waals surface area contributed by atoms with Crippen LogP contribution in [0.5, 0.6) is 5.75 Å². The Hall–Kier alpha value is -0.630.